The standard InChI is InChI=1S/C22H18ClN3O3/c23-17-2-5-19(6-3-17)29-14-21(27)25-18-4-1-15-9-12-26(20(15)13-18)22(28)16-7-10-24-11-8-16/h1-8,10-11,13H,9,12,14H2,(H,25,27). The zero-order chi connectivity index (χ0) is 20.2. The third kappa shape index (κ3) is 4.38. The maximum absolute atomic E-state index is 12.8. The summed E-state index contributed by atoms with van der Waals surface area (Å²) in [6, 6.07) is 15.8. The van der Waals surface area contributed by atoms with Gasteiger partial charge in [-0.15, -0.1) is 0 Å². The van der Waals surface area contributed by atoms with Gasteiger partial charge in [0, 0.05) is 40.9 Å². The van der Waals surface area contributed by atoms with E-state index in [1.807, 2.05) is 18.2 Å². The number of aromatic nitrogens is 1. The molecule has 1 aliphatic heterocycles. The molecular formula is C22H18ClN3O3. The fourth-order valence-electron chi connectivity index (χ4n) is 3.20. The second kappa shape index (κ2) is 8.32. The number of nitrogens with zero attached hydrogens (tertiary/aromatic N) is 2. The van der Waals surface area contributed by atoms with Gasteiger partial charge in [0.1, 0.15) is 5.75 Å². The molecule has 0 bridgehead atoms. The van der Waals surface area contributed by atoms with Crippen LogP contribution in [0.3, 0.4) is 0 Å². The van der Waals surface area contributed by atoms with Crippen molar-refractivity contribution < 1.29 is 14.3 Å². The number of ether oxygens (including phenoxy) is 1. The van der Waals surface area contributed by atoms with Gasteiger partial charge in [-0.05, 0) is 60.5 Å². The Labute approximate surface area is 173 Å². The monoisotopic (exact) mass is 407 g/mol. The van der Waals surface area contributed by atoms with E-state index in [0.29, 0.717) is 28.6 Å². The Morgan fingerprint density at radius 2 is 1.83 bits per heavy atom. The lowest BCUT2D eigenvalue weighted by molar-refractivity contribution is -0.118. The number of carbonyl (C=O) groups excluding carboxylic acids is 2. The zero-order valence-electron chi connectivity index (χ0n) is 15.5. The number of fused-ring (bicyclic) bond motifs is 1. The van der Waals surface area contributed by atoms with Gasteiger partial charge >= 0.3 is 0 Å². The van der Waals surface area contributed by atoms with Crippen LogP contribution in [0.4, 0.5) is 11.4 Å². The van der Waals surface area contributed by atoms with Crippen LogP contribution < -0.4 is 15.0 Å². The minimum atomic E-state index is -0.287. The predicted molar refractivity (Wildman–Crippen MR) is 112 cm³/mol. The summed E-state index contributed by atoms with van der Waals surface area (Å²) in [5.74, 6) is 0.193. The zero-order valence-corrected chi connectivity index (χ0v) is 16.2. The molecule has 0 saturated heterocycles. The number of carbonyl (C=O) groups is 2. The van der Waals surface area contributed by atoms with Crippen molar-refractivity contribution >= 4 is 34.8 Å². The second-order valence-corrected chi connectivity index (χ2v) is 7.01. The summed E-state index contributed by atoms with van der Waals surface area (Å²) >= 11 is 5.84. The molecule has 0 radical (unpaired) electrons. The van der Waals surface area contributed by atoms with Crippen molar-refractivity contribution in [1.29, 1.82) is 0 Å². The van der Waals surface area contributed by atoms with E-state index in [1.54, 1.807) is 53.7 Å². The first kappa shape index (κ1) is 19.0. The number of anilines is 2. The molecule has 1 aliphatic rings. The van der Waals surface area contributed by atoms with Gasteiger partial charge in [-0.25, -0.2) is 0 Å². The Morgan fingerprint density at radius 3 is 2.59 bits per heavy atom. The van der Waals surface area contributed by atoms with Crippen molar-refractivity contribution in [2.24, 2.45) is 0 Å². The Kier molecular flexibility index (Phi) is 5.44. The van der Waals surface area contributed by atoms with E-state index in [1.165, 1.54) is 0 Å². The minimum Gasteiger partial charge on any atom is -0.484 e. The molecule has 7 heteroatoms. The molecule has 2 amide bonds. The van der Waals surface area contributed by atoms with Gasteiger partial charge in [-0.2, -0.15) is 0 Å². The van der Waals surface area contributed by atoms with Crippen LogP contribution in [0, 0.1) is 0 Å². The predicted octanol–water partition coefficient (Wildman–Crippen LogP) is 3.96. The molecule has 3 aromatic rings. The average molecular weight is 408 g/mol. The van der Waals surface area contributed by atoms with E-state index in [4.69, 9.17) is 16.3 Å². The smallest absolute Gasteiger partial charge is 0.262 e. The number of pyridine rings is 1. The first-order chi connectivity index (χ1) is 14.1. The van der Waals surface area contributed by atoms with Gasteiger partial charge in [0.15, 0.2) is 6.61 Å². The lowest BCUT2D eigenvalue weighted by atomic mass is 10.1. The maximum atomic E-state index is 12.8. The lowest BCUT2D eigenvalue weighted by Gasteiger charge is -2.18. The maximum Gasteiger partial charge on any atom is 0.262 e. The van der Waals surface area contributed by atoms with Crippen LogP contribution in [0.5, 0.6) is 5.75 Å². The van der Waals surface area contributed by atoms with E-state index < -0.39 is 0 Å². The summed E-state index contributed by atoms with van der Waals surface area (Å²) in [4.78, 5) is 30.7. The van der Waals surface area contributed by atoms with E-state index in [9.17, 15) is 9.59 Å². The van der Waals surface area contributed by atoms with E-state index in [2.05, 4.69) is 10.3 Å². The molecule has 1 N–H and O–H groups in total. The van der Waals surface area contributed by atoms with Gasteiger partial charge in [0.25, 0.3) is 11.8 Å². The van der Waals surface area contributed by atoms with Crippen LogP contribution in [-0.2, 0) is 11.2 Å². The highest BCUT2D eigenvalue weighted by Crippen LogP contribution is 2.32. The van der Waals surface area contributed by atoms with Gasteiger partial charge in [0.2, 0.25) is 0 Å². The topological polar surface area (TPSA) is 71.5 Å². The molecule has 4 rings (SSSR count). The minimum absolute atomic E-state index is 0.0827. The number of nitrogens with one attached hydrogen (secondary N) is 1. The molecule has 2 heterocycles. The van der Waals surface area contributed by atoms with E-state index >= 15 is 0 Å². The largest absolute Gasteiger partial charge is 0.484 e. The summed E-state index contributed by atoms with van der Waals surface area (Å²) in [5, 5.41) is 3.42. The molecule has 29 heavy (non-hydrogen) atoms. The number of benzene rings is 2. The van der Waals surface area contributed by atoms with Crippen molar-refractivity contribution in [2.45, 2.75) is 6.42 Å². The Morgan fingerprint density at radius 1 is 1.07 bits per heavy atom. The summed E-state index contributed by atoms with van der Waals surface area (Å²) < 4.78 is 5.46. The first-order valence-electron chi connectivity index (χ1n) is 9.13. The Balaban J connectivity index is 1.43. The highest BCUT2D eigenvalue weighted by Gasteiger charge is 2.26. The fraction of sp³-hybridized carbons (Fsp3) is 0.136. The number of rotatable bonds is 5. The Bertz CT molecular complexity index is 1040. The Hall–Kier alpha value is -3.38. The molecule has 0 saturated carbocycles. The van der Waals surface area contributed by atoms with Crippen LogP contribution in [0.25, 0.3) is 0 Å². The molecule has 2 aromatic carbocycles. The normalized spacial score (nSPS) is 12.4. The SMILES string of the molecule is O=C(COc1ccc(Cl)cc1)Nc1ccc2c(c1)N(C(=O)c1ccncc1)CC2. The highest BCUT2D eigenvalue weighted by molar-refractivity contribution is 6.30. The van der Waals surface area contributed by atoms with Crippen LogP contribution in [-0.4, -0.2) is 29.9 Å². The number of amides is 2. The molecule has 146 valence electrons. The lowest BCUT2D eigenvalue weighted by Crippen LogP contribution is -2.29. The summed E-state index contributed by atoms with van der Waals surface area (Å²) in [6.45, 7) is 0.478. The number of hydrogen-bond donors (Lipinski definition) is 1. The number of hydrogen-bond acceptors (Lipinski definition) is 4. The van der Waals surface area contributed by atoms with Crippen LogP contribution in [0.15, 0.2) is 67.0 Å². The third-order valence-corrected chi connectivity index (χ3v) is 4.87. The van der Waals surface area contributed by atoms with Crippen LogP contribution in [0.2, 0.25) is 5.02 Å². The van der Waals surface area contributed by atoms with Crippen LogP contribution in [0.1, 0.15) is 15.9 Å². The van der Waals surface area contributed by atoms with Crippen molar-refractivity contribution in [3.05, 3.63) is 83.1 Å². The van der Waals surface area contributed by atoms with Gasteiger partial charge in [0.05, 0.1) is 0 Å². The summed E-state index contributed by atoms with van der Waals surface area (Å²) in [7, 11) is 0. The molecule has 0 unspecified atom stereocenters. The van der Waals surface area contributed by atoms with Gasteiger partial charge in [-0.3, -0.25) is 14.6 Å². The molecule has 0 spiro atoms. The second-order valence-electron chi connectivity index (χ2n) is 6.58. The fourth-order valence-corrected chi connectivity index (χ4v) is 3.32. The van der Waals surface area contributed by atoms with Crippen molar-refractivity contribution in [3.8, 4) is 5.75 Å². The van der Waals surface area contributed by atoms with Gasteiger partial charge < -0.3 is 15.0 Å². The molecule has 6 nitrogen and oxygen atoms in total. The first-order valence-corrected chi connectivity index (χ1v) is 9.51. The molecule has 0 aliphatic carbocycles. The molecule has 0 fully saturated rings. The summed E-state index contributed by atoms with van der Waals surface area (Å²) in [5.41, 5.74) is 3.08. The van der Waals surface area contributed by atoms with Crippen molar-refractivity contribution in [3.63, 3.8) is 0 Å². The van der Waals surface area contributed by atoms with E-state index in [-0.39, 0.29) is 18.4 Å². The molecule has 1 aromatic heterocycles. The quantitative estimate of drug-likeness (QED) is 0.695. The third-order valence-electron chi connectivity index (χ3n) is 4.62. The number of halogens is 1. The van der Waals surface area contributed by atoms with Crippen molar-refractivity contribution in [1.82, 2.24) is 4.98 Å². The van der Waals surface area contributed by atoms with Crippen LogP contribution >= 0.6 is 11.6 Å². The summed E-state index contributed by atoms with van der Waals surface area (Å²) in [6.07, 6.45) is 3.98. The molecular weight excluding hydrogens is 390 g/mol. The van der Waals surface area contributed by atoms with E-state index in [0.717, 1.165) is 17.7 Å². The molecule has 0 atom stereocenters. The van der Waals surface area contributed by atoms with Crippen molar-refractivity contribution in [2.75, 3.05) is 23.4 Å². The van der Waals surface area contributed by atoms with Gasteiger partial charge in [-0.1, -0.05) is 17.7 Å². The highest BCUT2D eigenvalue weighted by atomic mass is 35.5. The average Bonchev–Trinajstić information content (AvgIpc) is 3.16.